The van der Waals surface area contributed by atoms with Gasteiger partial charge in [-0.25, -0.2) is 4.98 Å². The molecule has 4 nitrogen and oxygen atoms in total. The first-order valence-corrected chi connectivity index (χ1v) is 14.8. The molecule has 9 rings (SSSR count). The van der Waals surface area contributed by atoms with Crippen molar-refractivity contribution in [2.24, 2.45) is 0 Å². The highest BCUT2D eigenvalue weighted by molar-refractivity contribution is 6.23. The molecule has 0 saturated heterocycles. The molecular weight excluding hydrogens is 538 g/mol. The molecule has 9 aromatic rings. The molecular formula is C40H25N3O. The van der Waals surface area contributed by atoms with Gasteiger partial charge in [0.1, 0.15) is 0 Å². The van der Waals surface area contributed by atoms with Gasteiger partial charge in [-0.1, -0.05) is 127 Å². The highest BCUT2D eigenvalue weighted by Crippen LogP contribution is 2.43. The van der Waals surface area contributed by atoms with Crippen molar-refractivity contribution >= 4 is 43.9 Å². The fourth-order valence-electron chi connectivity index (χ4n) is 6.43. The zero-order valence-electron chi connectivity index (χ0n) is 23.7. The minimum absolute atomic E-state index is 0.579. The summed E-state index contributed by atoms with van der Waals surface area (Å²) in [6.07, 6.45) is 0. The number of benzene rings is 6. The van der Waals surface area contributed by atoms with Crippen LogP contribution in [-0.2, 0) is 0 Å². The number of para-hydroxylation sites is 1. The molecule has 0 unspecified atom stereocenters. The molecule has 0 aliphatic carbocycles. The fraction of sp³-hybridized carbons (Fsp3) is 0. The Kier molecular flexibility index (Phi) is 5.47. The van der Waals surface area contributed by atoms with Gasteiger partial charge in [0.25, 0.3) is 0 Å². The maximum Gasteiger partial charge on any atom is 0.231 e. The zero-order chi connectivity index (χ0) is 29.0. The Morgan fingerprint density at radius 3 is 1.89 bits per heavy atom. The van der Waals surface area contributed by atoms with Crippen molar-refractivity contribution in [1.82, 2.24) is 14.5 Å². The van der Waals surface area contributed by atoms with Crippen molar-refractivity contribution in [3.05, 3.63) is 152 Å². The maximum absolute atomic E-state index is 6.82. The largest absolute Gasteiger partial charge is 0.435 e. The first kappa shape index (κ1) is 24.6. The Morgan fingerprint density at radius 2 is 1.11 bits per heavy atom. The summed E-state index contributed by atoms with van der Waals surface area (Å²) in [5.41, 5.74) is 9.78. The molecule has 0 aliphatic heterocycles. The van der Waals surface area contributed by atoms with Crippen LogP contribution in [0.25, 0.3) is 83.3 Å². The van der Waals surface area contributed by atoms with E-state index in [1.165, 1.54) is 10.9 Å². The summed E-state index contributed by atoms with van der Waals surface area (Å²) in [5.74, 6) is 0.642. The van der Waals surface area contributed by atoms with Crippen molar-refractivity contribution in [2.75, 3.05) is 0 Å². The molecule has 4 heteroatoms. The van der Waals surface area contributed by atoms with Crippen LogP contribution in [0.15, 0.2) is 156 Å². The molecule has 44 heavy (non-hydrogen) atoms. The number of hydrogen-bond acceptors (Lipinski definition) is 3. The van der Waals surface area contributed by atoms with Crippen LogP contribution in [0.3, 0.4) is 0 Å². The van der Waals surface area contributed by atoms with Gasteiger partial charge in [0, 0.05) is 33.0 Å². The molecule has 0 radical (unpaired) electrons. The van der Waals surface area contributed by atoms with Crippen LogP contribution in [0.1, 0.15) is 0 Å². The van der Waals surface area contributed by atoms with E-state index in [1.54, 1.807) is 0 Å². The Bertz CT molecular complexity index is 2480. The van der Waals surface area contributed by atoms with E-state index in [-0.39, 0.29) is 0 Å². The average Bonchev–Trinajstić information content (AvgIpc) is 3.65. The minimum atomic E-state index is 0.579. The van der Waals surface area contributed by atoms with Crippen LogP contribution in [0.4, 0.5) is 0 Å². The van der Waals surface area contributed by atoms with E-state index in [0.29, 0.717) is 11.5 Å². The van der Waals surface area contributed by atoms with E-state index in [2.05, 4.69) is 108 Å². The predicted octanol–water partition coefficient (Wildman–Crippen LogP) is 10.5. The summed E-state index contributed by atoms with van der Waals surface area (Å²) in [7, 11) is 0. The van der Waals surface area contributed by atoms with Gasteiger partial charge in [0.2, 0.25) is 5.71 Å². The SMILES string of the molecule is c1ccc(-c2cccc(-n3c4ccccc4c4ccc5c(oc6nc(-c7ccccc7)nc(-c7ccccc7)c65)c43)c2)cc1. The number of fused-ring (bicyclic) bond motifs is 7. The minimum Gasteiger partial charge on any atom is -0.435 e. The summed E-state index contributed by atoms with van der Waals surface area (Å²) in [4.78, 5) is 10.1. The number of hydrogen-bond donors (Lipinski definition) is 0. The lowest BCUT2D eigenvalue weighted by Crippen LogP contribution is -1.94. The second-order valence-corrected chi connectivity index (χ2v) is 11.0. The average molecular weight is 564 g/mol. The molecule has 6 aromatic carbocycles. The second kappa shape index (κ2) is 9.79. The van der Waals surface area contributed by atoms with E-state index in [1.807, 2.05) is 48.5 Å². The number of rotatable bonds is 4. The molecule has 0 saturated carbocycles. The molecule has 3 aromatic heterocycles. The number of furan rings is 1. The molecule has 0 fully saturated rings. The van der Waals surface area contributed by atoms with Crippen LogP contribution < -0.4 is 0 Å². The Labute approximate surface area is 253 Å². The van der Waals surface area contributed by atoms with E-state index in [0.717, 1.165) is 60.8 Å². The summed E-state index contributed by atoms with van der Waals surface area (Å²) in [5, 5.41) is 4.22. The predicted molar refractivity (Wildman–Crippen MR) is 180 cm³/mol. The van der Waals surface area contributed by atoms with Crippen molar-refractivity contribution in [1.29, 1.82) is 0 Å². The zero-order valence-corrected chi connectivity index (χ0v) is 23.7. The molecule has 0 aliphatic rings. The van der Waals surface area contributed by atoms with Crippen LogP contribution in [0.5, 0.6) is 0 Å². The van der Waals surface area contributed by atoms with Crippen molar-refractivity contribution in [3.63, 3.8) is 0 Å². The van der Waals surface area contributed by atoms with E-state index in [4.69, 9.17) is 14.4 Å². The first-order chi connectivity index (χ1) is 21.8. The summed E-state index contributed by atoms with van der Waals surface area (Å²) in [6, 6.07) is 52.6. The molecule has 3 heterocycles. The Hall–Kier alpha value is -6.00. The van der Waals surface area contributed by atoms with Crippen LogP contribution in [0.2, 0.25) is 0 Å². The van der Waals surface area contributed by atoms with Gasteiger partial charge in [-0.2, -0.15) is 4.98 Å². The molecule has 0 atom stereocenters. The monoisotopic (exact) mass is 563 g/mol. The van der Waals surface area contributed by atoms with Gasteiger partial charge in [-0.05, 0) is 35.4 Å². The van der Waals surface area contributed by atoms with Crippen LogP contribution in [0, 0.1) is 0 Å². The fourth-order valence-corrected chi connectivity index (χ4v) is 6.43. The lowest BCUT2D eigenvalue weighted by molar-refractivity contribution is 0.655. The van der Waals surface area contributed by atoms with Gasteiger partial charge in [-0.15, -0.1) is 0 Å². The van der Waals surface area contributed by atoms with Gasteiger partial charge in [0.15, 0.2) is 11.4 Å². The molecule has 0 spiro atoms. The molecule has 206 valence electrons. The highest BCUT2D eigenvalue weighted by atomic mass is 16.3. The third-order valence-electron chi connectivity index (χ3n) is 8.42. The van der Waals surface area contributed by atoms with Crippen molar-refractivity contribution in [2.45, 2.75) is 0 Å². The van der Waals surface area contributed by atoms with Gasteiger partial charge in [-0.3, -0.25) is 0 Å². The van der Waals surface area contributed by atoms with Gasteiger partial charge < -0.3 is 8.98 Å². The third kappa shape index (κ3) is 3.78. The van der Waals surface area contributed by atoms with Crippen molar-refractivity contribution in [3.8, 4) is 39.5 Å². The molecule has 0 N–H and O–H groups in total. The van der Waals surface area contributed by atoms with E-state index < -0.39 is 0 Å². The molecule has 0 bridgehead atoms. The van der Waals surface area contributed by atoms with Crippen molar-refractivity contribution < 1.29 is 4.42 Å². The smallest absolute Gasteiger partial charge is 0.231 e. The van der Waals surface area contributed by atoms with Crippen LogP contribution >= 0.6 is 0 Å². The standard InChI is InChI=1S/C40H25N3O/c1-4-13-26(14-5-1)29-19-12-20-30(25-29)43-34-22-11-10-21-31(34)32-23-24-33-35-36(27-15-6-2-7-16-27)41-39(28-17-8-3-9-18-28)42-40(35)44-38(33)37(32)43/h1-25H. The third-order valence-corrected chi connectivity index (χ3v) is 8.42. The van der Waals surface area contributed by atoms with Crippen LogP contribution in [-0.4, -0.2) is 14.5 Å². The van der Waals surface area contributed by atoms with Gasteiger partial charge >= 0.3 is 0 Å². The first-order valence-electron chi connectivity index (χ1n) is 14.8. The highest BCUT2D eigenvalue weighted by Gasteiger charge is 2.23. The second-order valence-electron chi connectivity index (χ2n) is 11.0. The summed E-state index contributed by atoms with van der Waals surface area (Å²) >= 11 is 0. The molecule has 0 amide bonds. The van der Waals surface area contributed by atoms with E-state index >= 15 is 0 Å². The maximum atomic E-state index is 6.82. The quantitative estimate of drug-likeness (QED) is 0.214. The Balaban J connectivity index is 1.40. The summed E-state index contributed by atoms with van der Waals surface area (Å²) < 4.78 is 9.15. The topological polar surface area (TPSA) is 43.9 Å². The lowest BCUT2D eigenvalue weighted by Gasteiger charge is -2.10. The number of aromatic nitrogens is 3. The number of nitrogens with zero attached hydrogens (tertiary/aromatic N) is 3. The Morgan fingerprint density at radius 1 is 0.477 bits per heavy atom. The summed E-state index contributed by atoms with van der Waals surface area (Å²) in [6.45, 7) is 0. The van der Waals surface area contributed by atoms with Gasteiger partial charge in [0.05, 0.1) is 22.1 Å². The normalized spacial score (nSPS) is 11.6. The van der Waals surface area contributed by atoms with E-state index in [9.17, 15) is 0 Å². The lowest BCUT2D eigenvalue weighted by atomic mass is 10.0.